The Morgan fingerprint density at radius 1 is 1.02 bits per heavy atom. The summed E-state index contributed by atoms with van der Waals surface area (Å²) in [6.07, 6.45) is -10.4. The minimum Gasteiger partial charge on any atom is -0.457 e. The normalized spacial score (nSPS) is 17.4. The van der Waals surface area contributed by atoms with Crippen LogP contribution >= 0.6 is 21.1 Å². The van der Waals surface area contributed by atoms with Crippen LogP contribution in [0.15, 0.2) is 54.7 Å². The first-order valence-electron chi connectivity index (χ1n) is 13.4. The van der Waals surface area contributed by atoms with E-state index in [1.54, 1.807) is 32.0 Å². The van der Waals surface area contributed by atoms with Crippen LogP contribution in [-0.2, 0) is 28.9 Å². The number of nitrogens with one attached hydrogen (secondary N) is 1. The molecule has 2 aromatic carbocycles. The van der Waals surface area contributed by atoms with Crippen molar-refractivity contribution in [2.45, 2.75) is 63.7 Å². The highest BCUT2D eigenvalue weighted by atomic mass is 127. The van der Waals surface area contributed by atoms with Gasteiger partial charge in [-0.15, -0.1) is 0 Å². The summed E-state index contributed by atoms with van der Waals surface area (Å²) in [5.74, 6) is 0.0515. The summed E-state index contributed by atoms with van der Waals surface area (Å²) in [5.41, 5.74) is -6.32. The molecule has 45 heavy (non-hydrogen) atoms. The molecule has 8 nitrogen and oxygen atoms in total. The summed E-state index contributed by atoms with van der Waals surface area (Å²) in [7, 11) is 0. The topological polar surface area (TPSA) is 101 Å². The lowest BCUT2D eigenvalue weighted by Crippen LogP contribution is -2.53. The van der Waals surface area contributed by atoms with E-state index >= 15 is 0 Å². The number of alkyl halides is 6. The summed E-state index contributed by atoms with van der Waals surface area (Å²) in [5, 5.41) is 12.5. The zero-order valence-electron chi connectivity index (χ0n) is 24.1. The van der Waals surface area contributed by atoms with Crippen molar-refractivity contribution >= 4 is 37.6 Å². The van der Waals surface area contributed by atoms with E-state index in [4.69, 9.17) is 7.80 Å². The highest BCUT2D eigenvalue weighted by Crippen LogP contribution is 2.50. The van der Waals surface area contributed by atoms with Crippen LogP contribution < -0.4 is 13.1 Å². The summed E-state index contributed by atoms with van der Waals surface area (Å²) in [4.78, 5) is 31.6. The van der Waals surface area contributed by atoms with Crippen molar-refractivity contribution in [3.63, 3.8) is 0 Å². The molecule has 2 N–H and O–H groups in total. The van der Waals surface area contributed by atoms with Crippen molar-refractivity contribution in [2.24, 2.45) is 0 Å². The van der Waals surface area contributed by atoms with Crippen LogP contribution in [0.5, 0.6) is 17.2 Å². The number of nitrogens with zero attached hydrogens (tertiary/aromatic N) is 2. The first kappa shape index (κ1) is 34.1. The number of urea groups is 1. The van der Waals surface area contributed by atoms with E-state index in [0.29, 0.717) is 29.9 Å². The van der Waals surface area contributed by atoms with Crippen molar-refractivity contribution in [3.05, 3.63) is 82.7 Å². The van der Waals surface area contributed by atoms with Crippen molar-refractivity contribution in [1.29, 1.82) is 0 Å². The Kier molecular flexibility index (Phi) is 9.54. The summed E-state index contributed by atoms with van der Waals surface area (Å²) >= 11 is -0.792. The number of aryl methyl sites for hydroxylation is 2. The molecule has 15 heteroatoms. The molecule has 0 spiro atoms. The van der Waals surface area contributed by atoms with Crippen molar-refractivity contribution in [3.8, 4) is 17.2 Å². The average molecular weight is 751 g/mol. The first-order valence-corrected chi connectivity index (χ1v) is 15.8. The van der Waals surface area contributed by atoms with Gasteiger partial charge in [0.2, 0.25) is 0 Å². The van der Waals surface area contributed by atoms with Gasteiger partial charge in [0, 0.05) is 17.8 Å². The molecule has 2 heterocycles. The van der Waals surface area contributed by atoms with Gasteiger partial charge in [0.05, 0.1) is 12.2 Å². The third-order valence-electron chi connectivity index (χ3n) is 7.33. The predicted molar refractivity (Wildman–Crippen MR) is 160 cm³/mol. The number of ether oxygens (including phenoxy) is 1. The lowest BCUT2D eigenvalue weighted by atomic mass is 9.90. The zero-order valence-corrected chi connectivity index (χ0v) is 26.3. The molecule has 1 aliphatic heterocycles. The van der Waals surface area contributed by atoms with Gasteiger partial charge < -0.3 is 18.2 Å². The van der Waals surface area contributed by atoms with Gasteiger partial charge in [0.15, 0.2) is 0 Å². The molecule has 4 rings (SSSR count). The Balaban J connectivity index is 1.60. The predicted octanol–water partition coefficient (Wildman–Crippen LogP) is 7.11. The molecular weight excluding hydrogens is 723 g/mol. The number of carbonyl (C=O) groups excluding carboxylic acids is 2. The van der Waals surface area contributed by atoms with E-state index in [2.05, 4.69) is 14.8 Å². The second-order valence-corrected chi connectivity index (χ2v) is 11.5. The lowest BCUT2D eigenvalue weighted by molar-refractivity contribution is -0.376. The Hall–Kier alpha value is -3.73. The monoisotopic (exact) mass is 751 g/mol. The molecule has 3 aromatic rings. The molecule has 1 aliphatic rings. The van der Waals surface area contributed by atoms with Crippen molar-refractivity contribution in [2.75, 3.05) is 0 Å². The Bertz CT molecular complexity index is 1620. The molecule has 1 saturated heterocycles. The Labute approximate surface area is 264 Å². The molecule has 0 aliphatic carbocycles. The molecule has 242 valence electrons. The van der Waals surface area contributed by atoms with E-state index < -0.39 is 62.1 Å². The number of hydrogen-bond donors (Lipinski definition) is 2. The van der Waals surface area contributed by atoms with Gasteiger partial charge in [-0.25, -0.2) is 4.79 Å². The van der Waals surface area contributed by atoms with E-state index in [1.807, 2.05) is 6.92 Å². The van der Waals surface area contributed by atoms with Crippen LogP contribution in [0.4, 0.5) is 31.1 Å². The van der Waals surface area contributed by atoms with Gasteiger partial charge in [-0.2, -0.15) is 26.3 Å². The maximum atomic E-state index is 13.5. The number of carbonyl (C=O) groups is 2. The molecule has 1 atom stereocenters. The van der Waals surface area contributed by atoms with Gasteiger partial charge >= 0.3 is 18.4 Å². The maximum Gasteiger partial charge on any atom is 0.430 e. The largest absolute Gasteiger partial charge is 0.457 e. The quantitative estimate of drug-likeness (QED) is 0.130. The van der Waals surface area contributed by atoms with E-state index in [-0.39, 0.29) is 35.7 Å². The number of amides is 3. The van der Waals surface area contributed by atoms with E-state index in [9.17, 15) is 41.0 Å². The number of aromatic nitrogens is 1. The van der Waals surface area contributed by atoms with E-state index in [1.165, 1.54) is 18.3 Å². The highest BCUT2D eigenvalue weighted by molar-refractivity contribution is 14.2. The molecule has 1 aromatic heterocycles. The number of rotatable bonds is 10. The van der Waals surface area contributed by atoms with Gasteiger partial charge in [-0.1, -0.05) is 31.5 Å². The third kappa shape index (κ3) is 6.50. The summed E-state index contributed by atoms with van der Waals surface area (Å²) < 4.78 is 95.9. The minimum atomic E-state index is -6.03. The first-order chi connectivity index (χ1) is 21.0. The fourth-order valence-electron chi connectivity index (χ4n) is 4.84. The fourth-order valence-corrected chi connectivity index (χ4v) is 5.65. The Morgan fingerprint density at radius 3 is 2.33 bits per heavy atom. The van der Waals surface area contributed by atoms with Crippen LogP contribution in [0.2, 0.25) is 0 Å². The number of hydrogen-bond acceptors (Lipinski definition) is 6. The minimum absolute atomic E-state index is 0.00688. The van der Waals surface area contributed by atoms with Gasteiger partial charge in [0.25, 0.3) is 11.5 Å². The smallest absolute Gasteiger partial charge is 0.430 e. The summed E-state index contributed by atoms with van der Waals surface area (Å²) in [6.45, 7) is 4.81. The standard InChI is InChI=1S/C30H28F6IN3O5/c1-5-6-18-13-20(28(43,29(31,32)33)30(34,35)36)9-10-23(18)44-22-11-12-38-21(15-22)16-40-25(41)27(3,39-26(40)42)19-8-7-17(2)24(14-19)45-37-4/h7-15,43H,4-6,16H2,1-3H3,(H,39,42). The van der Waals surface area contributed by atoms with E-state index in [0.717, 1.165) is 16.5 Å². The SMILES string of the molecule is C=IOc1cc(C2(C)NC(=O)N(Cc3cc(Oc4ccc(C(O)(C(F)(F)F)C(F)(F)F)cc4CCC)ccn3)C2=O)ccc1C. The molecule has 1 unspecified atom stereocenters. The van der Waals surface area contributed by atoms with Gasteiger partial charge in [-0.05, 0) is 65.7 Å². The fraction of sp³-hybridized carbons (Fsp3) is 0.333. The highest BCUT2D eigenvalue weighted by Gasteiger charge is 2.71. The van der Waals surface area contributed by atoms with Crippen LogP contribution in [-0.4, -0.2) is 43.8 Å². The molecular formula is C30H28F6IN3O5. The second-order valence-electron chi connectivity index (χ2n) is 10.5. The Morgan fingerprint density at radius 2 is 1.71 bits per heavy atom. The summed E-state index contributed by atoms with van der Waals surface area (Å²) in [6, 6.07) is 9.31. The number of halogens is 7. The van der Waals surface area contributed by atoms with Crippen LogP contribution in [0.1, 0.15) is 48.2 Å². The van der Waals surface area contributed by atoms with Crippen LogP contribution in [0.3, 0.4) is 0 Å². The average Bonchev–Trinajstić information content (AvgIpc) is 3.17. The van der Waals surface area contributed by atoms with Gasteiger partial charge in [-0.3, -0.25) is 14.7 Å². The van der Waals surface area contributed by atoms with Crippen molar-refractivity contribution < 1.29 is 48.8 Å². The third-order valence-corrected chi connectivity index (χ3v) is 8.12. The lowest BCUT2D eigenvalue weighted by Gasteiger charge is -2.33. The van der Waals surface area contributed by atoms with Crippen molar-refractivity contribution in [1.82, 2.24) is 15.2 Å². The number of benzene rings is 2. The zero-order chi connectivity index (χ0) is 33.4. The van der Waals surface area contributed by atoms with Crippen LogP contribution in [0, 0.1) is 6.92 Å². The second kappa shape index (κ2) is 12.6. The molecule has 1 fully saturated rings. The number of imide groups is 1. The molecule has 0 radical (unpaired) electrons. The number of pyridine rings is 1. The molecule has 0 bridgehead atoms. The maximum absolute atomic E-state index is 13.5. The van der Waals surface area contributed by atoms with Gasteiger partial charge in [0.1, 0.15) is 43.9 Å². The molecule has 0 saturated carbocycles. The number of aliphatic hydroxyl groups is 1. The van der Waals surface area contributed by atoms with Crippen LogP contribution in [0.25, 0.3) is 0 Å². The molecule has 3 amide bonds.